The van der Waals surface area contributed by atoms with Crippen LogP contribution in [0.3, 0.4) is 0 Å². The molecule has 0 atom stereocenters. The molecule has 0 fully saturated rings. The Balaban J connectivity index is 2.15. The van der Waals surface area contributed by atoms with Gasteiger partial charge in [0.1, 0.15) is 5.76 Å². The summed E-state index contributed by atoms with van der Waals surface area (Å²) < 4.78 is 31.7. The summed E-state index contributed by atoms with van der Waals surface area (Å²) in [4.78, 5) is 0. The van der Waals surface area contributed by atoms with Gasteiger partial charge in [0.15, 0.2) is 0 Å². The molecule has 0 unspecified atom stereocenters. The summed E-state index contributed by atoms with van der Waals surface area (Å²) in [6.45, 7) is 6.27. The van der Waals surface area contributed by atoms with Gasteiger partial charge in [-0.05, 0) is 32.0 Å². The maximum Gasteiger partial charge on any atom is 0.276 e. The number of rotatable bonds is 5. The Hall–Kier alpha value is -1.11. The van der Waals surface area contributed by atoms with Gasteiger partial charge in [-0.2, -0.15) is 4.31 Å². The Bertz CT molecular complexity index is 560. The second-order valence-corrected chi connectivity index (χ2v) is 6.55. The van der Waals surface area contributed by atoms with E-state index in [0.717, 1.165) is 18.5 Å². The van der Waals surface area contributed by atoms with Crippen molar-refractivity contribution in [2.75, 3.05) is 19.6 Å². The smallest absolute Gasteiger partial charge is 0.276 e. The molecule has 0 aliphatic carbocycles. The van der Waals surface area contributed by atoms with E-state index in [4.69, 9.17) is 4.42 Å². The molecule has 0 saturated carbocycles. The lowest BCUT2D eigenvalue weighted by Crippen LogP contribution is -2.35. The van der Waals surface area contributed by atoms with Crippen molar-refractivity contribution in [1.29, 1.82) is 0 Å². The molecule has 1 aromatic rings. The number of nitrogens with zero attached hydrogens (tertiary/aromatic N) is 1. The predicted octanol–water partition coefficient (Wildman–Crippen LogP) is 1.73. The standard InChI is InChI=1S/C13H20N2O3S/c1-3-14-9-12-6-7-13(18-12)19(16,17)15-8-4-5-11(2)10-15/h5-7,14H,3-4,8-10H2,1-2H3. The highest BCUT2D eigenvalue weighted by molar-refractivity contribution is 7.89. The SMILES string of the molecule is CCNCc1ccc(S(=O)(=O)N2CCC=C(C)C2)o1. The zero-order valence-corrected chi connectivity index (χ0v) is 12.2. The van der Waals surface area contributed by atoms with E-state index in [-0.39, 0.29) is 5.09 Å². The van der Waals surface area contributed by atoms with Gasteiger partial charge in [0.25, 0.3) is 10.0 Å². The Kier molecular flexibility index (Phi) is 4.44. The lowest BCUT2D eigenvalue weighted by atomic mass is 10.2. The summed E-state index contributed by atoms with van der Waals surface area (Å²) in [5, 5.41) is 3.14. The number of sulfonamides is 1. The summed E-state index contributed by atoms with van der Waals surface area (Å²) in [5.74, 6) is 0.643. The van der Waals surface area contributed by atoms with Crippen LogP contribution in [0, 0.1) is 0 Å². The Labute approximate surface area is 114 Å². The molecule has 1 aliphatic heterocycles. The van der Waals surface area contributed by atoms with Crippen LogP contribution in [0.2, 0.25) is 0 Å². The zero-order valence-electron chi connectivity index (χ0n) is 11.3. The number of hydrogen-bond donors (Lipinski definition) is 1. The maximum atomic E-state index is 12.4. The van der Waals surface area contributed by atoms with Crippen LogP contribution in [-0.4, -0.2) is 32.4 Å². The summed E-state index contributed by atoms with van der Waals surface area (Å²) in [6.07, 6.45) is 2.83. The van der Waals surface area contributed by atoms with E-state index in [0.29, 0.717) is 25.4 Å². The average molecular weight is 284 g/mol. The molecular weight excluding hydrogens is 264 g/mol. The van der Waals surface area contributed by atoms with Gasteiger partial charge < -0.3 is 9.73 Å². The topological polar surface area (TPSA) is 62.6 Å². The van der Waals surface area contributed by atoms with Crippen molar-refractivity contribution >= 4 is 10.0 Å². The number of furan rings is 1. The fourth-order valence-corrected chi connectivity index (χ4v) is 3.48. The monoisotopic (exact) mass is 284 g/mol. The van der Waals surface area contributed by atoms with Gasteiger partial charge in [0.2, 0.25) is 5.09 Å². The Morgan fingerprint density at radius 1 is 1.42 bits per heavy atom. The van der Waals surface area contributed by atoms with Crippen LogP contribution >= 0.6 is 0 Å². The summed E-state index contributed by atoms with van der Waals surface area (Å²) in [6, 6.07) is 3.25. The summed E-state index contributed by atoms with van der Waals surface area (Å²) >= 11 is 0. The molecule has 1 N–H and O–H groups in total. The predicted molar refractivity (Wildman–Crippen MR) is 73.2 cm³/mol. The van der Waals surface area contributed by atoms with Crippen LogP contribution in [0.1, 0.15) is 26.0 Å². The Morgan fingerprint density at radius 2 is 2.21 bits per heavy atom. The molecular formula is C13H20N2O3S. The molecule has 1 aromatic heterocycles. The van der Waals surface area contributed by atoms with E-state index in [1.165, 1.54) is 10.4 Å². The molecule has 1 aliphatic rings. The molecule has 2 rings (SSSR count). The van der Waals surface area contributed by atoms with Crippen molar-refractivity contribution in [2.45, 2.75) is 31.9 Å². The summed E-state index contributed by atoms with van der Waals surface area (Å²) in [5.41, 5.74) is 1.08. The van der Waals surface area contributed by atoms with E-state index in [2.05, 4.69) is 11.4 Å². The molecule has 6 heteroatoms. The van der Waals surface area contributed by atoms with Crippen molar-refractivity contribution in [1.82, 2.24) is 9.62 Å². The second kappa shape index (κ2) is 5.90. The van der Waals surface area contributed by atoms with Crippen LogP contribution in [-0.2, 0) is 16.6 Å². The van der Waals surface area contributed by atoms with Crippen LogP contribution in [0.15, 0.2) is 33.3 Å². The van der Waals surface area contributed by atoms with E-state index < -0.39 is 10.0 Å². The van der Waals surface area contributed by atoms with Gasteiger partial charge in [-0.25, -0.2) is 8.42 Å². The highest BCUT2D eigenvalue weighted by Gasteiger charge is 2.28. The van der Waals surface area contributed by atoms with Crippen molar-refractivity contribution in [2.24, 2.45) is 0 Å². The van der Waals surface area contributed by atoms with Gasteiger partial charge in [-0.3, -0.25) is 0 Å². The highest BCUT2D eigenvalue weighted by atomic mass is 32.2. The Morgan fingerprint density at radius 3 is 2.89 bits per heavy atom. The molecule has 5 nitrogen and oxygen atoms in total. The lowest BCUT2D eigenvalue weighted by molar-refractivity contribution is 0.369. The molecule has 0 spiro atoms. The van der Waals surface area contributed by atoms with Crippen molar-refractivity contribution < 1.29 is 12.8 Å². The largest absolute Gasteiger partial charge is 0.447 e. The third-order valence-corrected chi connectivity index (χ3v) is 4.80. The molecule has 0 amide bonds. The van der Waals surface area contributed by atoms with Gasteiger partial charge in [-0.15, -0.1) is 0 Å². The molecule has 0 bridgehead atoms. The minimum Gasteiger partial charge on any atom is -0.447 e. The molecule has 106 valence electrons. The van der Waals surface area contributed by atoms with Crippen molar-refractivity contribution in [3.63, 3.8) is 0 Å². The van der Waals surface area contributed by atoms with Crippen LogP contribution in [0.25, 0.3) is 0 Å². The van der Waals surface area contributed by atoms with E-state index in [1.54, 1.807) is 6.07 Å². The van der Waals surface area contributed by atoms with Gasteiger partial charge >= 0.3 is 0 Å². The molecule has 0 radical (unpaired) electrons. The van der Waals surface area contributed by atoms with Crippen LogP contribution < -0.4 is 5.32 Å². The highest BCUT2D eigenvalue weighted by Crippen LogP contribution is 2.22. The zero-order chi connectivity index (χ0) is 13.9. The first-order valence-electron chi connectivity index (χ1n) is 6.49. The lowest BCUT2D eigenvalue weighted by Gasteiger charge is -2.24. The van der Waals surface area contributed by atoms with Crippen molar-refractivity contribution in [3.8, 4) is 0 Å². The minimum absolute atomic E-state index is 0.0371. The quantitative estimate of drug-likeness (QED) is 0.836. The fourth-order valence-electron chi connectivity index (χ4n) is 2.05. The number of hydrogen-bond acceptors (Lipinski definition) is 4. The van der Waals surface area contributed by atoms with Gasteiger partial charge in [0, 0.05) is 13.1 Å². The van der Waals surface area contributed by atoms with Crippen LogP contribution in [0.4, 0.5) is 0 Å². The molecule has 19 heavy (non-hydrogen) atoms. The first-order chi connectivity index (χ1) is 9.04. The first kappa shape index (κ1) is 14.3. The second-order valence-electron chi connectivity index (χ2n) is 4.68. The maximum absolute atomic E-state index is 12.4. The molecule has 0 saturated heterocycles. The van der Waals surface area contributed by atoms with E-state index >= 15 is 0 Å². The third-order valence-electron chi connectivity index (χ3n) is 3.08. The van der Waals surface area contributed by atoms with Crippen molar-refractivity contribution in [3.05, 3.63) is 29.5 Å². The van der Waals surface area contributed by atoms with Gasteiger partial charge in [0.05, 0.1) is 6.54 Å². The van der Waals surface area contributed by atoms with Crippen LogP contribution in [0.5, 0.6) is 0 Å². The number of nitrogens with one attached hydrogen (secondary N) is 1. The fraction of sp³-hybridized carbons (Fsp3) is 0.538. The third kappa shape index (κ3) is 3.26. The molecule has 2 heterocycles. The normalized spacial score (nSPS) is 17.5. The average Bonchev–Trinajstić information content (AvgIpc) is 2.86. The minimum atomic E-state index is -3.50. The van der Waals surface area contributed by atoms with E-state index in [1.807, 2.05) is 13.8 Å². The molecule has 0 aromatic carbocycles. The van der Waals surface area contributed by atoms with Gasteiger partial charge in [-0.1, -0.05) is 18.6 Å². The summed E-state index contributed by atoms with van der Waals surface area (Å²) in [7, 11) is -3.50. The first-order valence-corrected chi connectivity index (χ1v) is 7.93. The van der Waals surface area contributed by atoms with E-state index in [9.17, 15) is 8.42 Å².